The fraction of sp³-hybridized carbons (Fsp3) is 0.0455. The van der Waals surface area contributed by atoms with Gasteiger partial charge in [0.05, 0.1) is 17.9 Å². The number of hydrogen-bond acceptors (Lipinski definition) is 1. The highest BCUT2D eigenvalue weighted by atomic mass is 19.1. The zero-order chi connectivity index (χ0) is 18.8. The van der Waals surface area contributed by atoms with E-state index in [1.54, 1.807) is 47.1 Å². The first-order valence-electron chi connectivity index (χ1n) is 8.43. The van der Waals surface area contributed by atoms with E-state index in [1.807, 2.05) is 6.07 Å². The number of benzene rings is 3. The van der Waals surface area contributed by atoms with Crippen molar-refractivity contribution in [1.29, 1.82) is 0 Å². The molecule has 1 heterocycles. The molecule has 0 radical (unpaired) electrons. The molecule has 0 aliphatic carbocycles. The van der Waals surface area contributed by atoms with E-state index in [2.05, 4.69) is 5.10 Å². The van der Waals surface area contributed by atoms with E-state index < -0.39 is 0 Å². The number of nitrogens with zero attached hydrogens (tertiary/aromatic N) is 2. The minimum atomic E-state index is -0.335. The largest absolute Gasteiger partial charge is 0.260 e. The number of halogens is 3. The minimum Gasteiger partial charge on any atom is -0.260 e. The first kappa shape index (κ1) is 17.1. The Morgan fingerprint density at radius 2 is 1.30 bits per heavy atom. The molecule has 1 aromatic heterocycles. The molecule has 4 rings (SSSR count). The Bertz CT molecular complexity index is 1070. The summed E-state index contributed by atoms with van der Waals surface area (Å²) in [4.78, 5) is 0. The highest BCUT2D eigenvalue weighted by Crippen LogP contribution is 2.27. The van der Waals surface area contributed by atoms with Crippen LogP contribution in [0.5, 0.6) is 0 Å². The lowest BCUT2D eigenvalue weighted by Crippen LogP contribution is -2.05. The van der Waals surface area contributed by atoms with E-state index in [4.69, 9.17) is 0 Å². The molecule has 0 bridgehead atoms. The van der Waals surface area contributed by atoms with Crippen LogP contribution in [-0.4, -0.2) is 9.78 Å². The zero-order valence-electron chi connectivity index (χ0n) is 14.2. The average molecular weight is 364 g/mol. The molecule has 0 unspecified atom stereocenters. The molecular formula is C22H15F3N2. The fourth-order valence-corrected chi connectivity index (χ4v) is 2.94. The predicted molar refractivity (Wildman–Crippen MR) is 98.5 cm³/mol. The van der Waals surface area contributed by atoms with Crippen LogP contribution in [0, 0.1) is 17.5 Å². The van der Waals surface area contributed by atoms with E-state index in [1.165, 1.54) is 30.3 Å². The van der Waals surface area contributed by atoms with Gasteiger partial charge in [-0.25, -0.2) is 13.2 Å². The van der Waals surface area contributed by atoms with E-state index in [9.17, 15) is 13.2 Å². The van der Waals surface area contributed by atoms with Gasteiger partial charge in [0, 0.05) is 16.7 Å². The SMILES string of the molecule is Fc1ccc(-c2cc(-c3ccc(F)cc3)n(Cc3ccccc3F)n2)cc1. The maximum absolute atomic E-state index is 14.1. The van der Waals surface area contributed by atoms with Crippen LogP contribution in [0.4, 0.5) is 13.2 Å². The van der Waals surface area contributed by atoms with E-state index in [0.29, 0.717) is 11.3 Å². The van der Waals surface area contributed by atoms with Gasteiger partial charge in [-0.05, 0) is 60.7 Å². The van der Waals surface area contributed by atoms with Gasteiger partial charge in [0.15, 0.2) is 0 Å². The number of hydrogen-bond donors (Lipinski definition) is 0. The molecular weight excluding hydrogens is 349 g/mol. The van der Waals surface area contributed by atoms with Crippen LogP contribution in [0.25, 0.3) is 22.5 Å². The van der Waals surface area contributed by atoms with Gasteiger partial charge in [0.1, 0.15) is 17.5 Å². The van der Waals surface area contributed by atoms with Gasteiger partial charge >= 0.3 is 0 Å². The third-order valence-corrected chi connectivity index (χ3v) is 4.34. The standard InChI is InChI=1S/C22H15F3N2/c23-18-9-5-15(6-10-18)21-13-22(16-7-11-19(24)12-8-16)27(26-21)14-17-3-1-2-4-20(17)25/h1-13H,14H2. The van der Waals surface area contributed by atoms with Gasteiger partial charge in [0.25, 0.3) is 0 Å². The summed E-state index contributed by atoms with van der Waals surface area (Å²) in [6.07, 6.45) is 0. The van der Waals surface area contributed by atoms with Crippen molar-refractivity contribution in [1.82, 2.24) is 9.78 Å². The summed E-state index contributed by atoms with van der Waals surface area (Å²) in [5.74, 6) is -0.984. The summed E-state index contributed by atoms with van der Waals surface area (Å²) in [6.45, 7) is 0.223. The fourth-order valence-electron chi connectivity index (χ4n) is 2.94. The molecule has 0 aliphatic heterocycles. The van der Waals surface area contributed by atoms with Crippen molar-refractivity contribution in [3.63, 3.8) is 0 Å². The molecule has 0 saturated carbocycles. The molecule has 4 aromatic rings. The van der Waals surface area contributed by atoms with Crippen molar-refractivity contribution in [3.05, 3.63) is 102 Å². The Labute approximate surface area is 154 Å². The maximum Gasteiger partial charge on any atom is 0.128 e. The van der Waals surface area contributed by atoms with Gasteiger partial charge in [-0.15, -0.1) is 0 Å². The second-order valence-electron chi connectivity index (χ2n) is 6.18. The van der Waals surface area contributed by atoms with Crippen LogP contribution in [-0.2, 0) is 6.54 Å². The van der Waals surface area contributed by atoms with E-state index in [-0.39, 0.29) is 24.0 Å². The van der Waals surface area contributed by atoms with Crippen LogP contribution in [0.3, 0.4) is 0 Å². The molecule has 5 heteroatoms. The van der Waals surface area contributed by atoms with Crippen LogP contribution >= 0.6 is 0 Å². The Balaban J connectivity index is 1.80. The lowest BCUT2D eigenvalue weighted by molar-refractivity contribution is 0.587. The Kier molecular flexibility index (Phi) is 4.50. The minimum absolute atomic E-state index is 0.223. The predicted octanol–water partition coefficient (Wildman–Crippen LogP) is 5.68. The normalized spacial score (nSPS) is 10.9. The lowest BCUT2D eigenvalue weighted by atomic mass is 10.1. The summed E-state index contributed by atoms with van der Waals surface area (Å²) in [5.41, 5.74) is 3.35. The van der Waals surface area contributed by atoms with Crippen LogP contribution in [0.1, 0.15) is 5.56 Å². The third-order valence-electron chi connectivity index (χ3n) is 4.34. The zero-order valence-corrected chi connectivity index (χ0v) is 14.2. The highest BCUT2D eigenvalue weighted by Gasteiger charge is 2.14. The Morgan fingerprint density at radius 1 is 0.704 bits per heavy atom. The first-order chi connectivity index (χ1) is 13.1. The van der Waals surface area contributed by atoms with Crippen molar-refractivity contribution in [2.24, 2.45) is 0 Å². The molecule has 3 aromatic carbocycles. The molecule has 134 valence electrons. The second-order valence-corrected chi connectivity index (χ2v) is 6.18. The van der Waals surface area contributed by atoms with E-state index >= 15 is 0 Å². The van der Waals surface area contributed by atoms with Crippen LogP contribution in [0.15, 0.2) is 78.9 Å². The second kappa shape index (κ2) is 7.11. The summed E-state index contributed by atoms with van der Waals surface area (Å²) < 4.78 is 42.3. The maximum atomic E-state index is 14.1. The van der Waals surface area contributed by atoms with Gasteiger partial charge < -0.3 is 0 Å². The first-order valence-corrected chi connectivity index (χ1v) is 8.43. The number of aromatic nitrogens is 2. The summed E-state index contributed by atoms with van der Waals surface area (Å²) in [6, 6.07) is 20.4. The van der Waals surface area contributed by atoms with Crippen LogP contribution < -0.4 is 0 Å². The topological polar surface area (TPSA) is 17.8 Å². The van der Waals surface area contributed by atoms with Crippen molar-refractivity contribution in [2.45, 2.75) is 6.54 Å². The number of rotatable bonds is 4. The van der Waals surface area contributed by atoms with Crippen molar-refractivity contribution in [3.8, 4) is 22.5 Å². The summed E-state index contributed by atoms with van der Waals surface area (Å²) in [7, 11) is 0. The molecule has 0 amide bonds. The summed E-state index contributed by atoms with van der Waals surface area (Å²) in [5, 5.41) is 4.58. The molecule has 0 aliphatic rings. The Hall–Kier alpha value is -3.34. The third kappa shape index (κ3) is 3.62. The van der Waals surface area contributed by atoms with Gasteiger partial charge in [-0.3, -0.25) is 4.68 Å². The summed E-state index contributed by atoms with van der Waals surface area (Å²) >= 11 is 0. The monoisotopic (exact) mass is 364 g/mol. The van der Waals surface area contributed by atoms with Crippen molar-refractivity contribution in [2.75, 3.05) is 0 Å². The molecule has 0 spiro atoms. The molecule has 0 fully saturated rings. The highest BCUT2D eigenvalue weighted by molar-refractivity contribution is 5.68. The lowest BCUT2D eigenvalue weighted by Gasteiger charge is -2.08. The smallest absolute Gasteiger partial charge is 0.128 e. The van der Waals surface area contributed by atoms with Gasteiger partial charge in [-0.1, -0.05) is 18.2 Å². The molecule has 0 N–H and O–H groups in total. The average Bonchev–Trinajstić information content (AvgIpc) is 3.09. The molecule has 0 saturated heterocycles. The van der Waals surface area contributed by atoms with Crippen molar-refractivity contribution >= 4 is 0 Å². The molecule has 0 atom stereocenters. The van der Waals surface area contributed by atoms with Gasteiger partial charge in [0.2, 0.25) is 0 Å². The van der Waals surface area contributed by atoms with Crippen molar-refractivity contribution < 1.29 is 13.2 Å². The van der Waals surface area contributed by atoms with E-state index in [0.717, 1.165) is 16.8 Å². The Morgan fingerprint density at radius 3 is 1.93 bits per heavy atom. The van der Waals surface area contributed by atoms with Gasteiger partial charge in [-0.2, -0.15) is 5.10 Å². The quantitative estimate of drug-likeness (QED) is 0.455. The molecule has 27 heavy (non-hydrogen) atoms. The molecule has 2 nitrogen and oxygen atoms in total. The van der Waals surface area contributed by atoms with Crippen LogP contribution in [0.2, 0.25) is 0 Å².